The van der Waals surface area contributed by atoms with Gasteiger partial charge in [0.1, 0.15) is 0 Å². The van der Waals surface area contributed by atoms with Gasteiger partial charge in [-0.3, -0.25) is 5.10 Å². The Bertz CT molecular complexity index is 885. The molecule has 3 aromatic heterocycles. The second-order valence-electron chi connectivity index (χ2n) is 5.74. The van der Waals surface area contributed by atoms with Gasteiger partial charge >= 0.3 is 6.18 Å². The molecular weight excluding hydrogens is 335 g/mol. The van der Waals surface area contributed by atoms with Crippen LogP contribution in [-0.2, 0) is 12.7 Å². The number of anilines is 2. The molecule has 0 atom stereocenters. The molecule has 0 unspecified atom stereocenters. The molecule has 25 heavy (non-hydrogen) atoms. The molecule has 3 aromatic rings. The van der Waals surface area contributed by atoms with Crippen LogP contribution in [0.5, 0.6) is 0 Å². The summed E-state index contributed by atoms with van der Waals surface area (Å²) in [5.74, 6) is 0.638. The van der Waals surface area contributed by atoms with Crippen LogP contribution in [0.2, 0.25) is 0 Å². The maximum Gasteiger partial charge on any atom is 0.417 e. The topological polar surface area (TPSA) is 82.6 Å². The van der Waals surface area contributed by atoms with Crippen LogP contribution in [-0.4, -0.2) is 39.2 Å². The third kappa shape index (κ3) is 3.47. The van der Waals surface area contributed by atoms with E-state index in [4.69, 9.17) is 0 Å². The summed E-state index contributed by atoms with van der Waals surface area (Å²) in [6.45, 7) is 1.74. The lowest BCUT2D eigenvalue weighted by atomic mass is 10.1. The predicted molar refractivity (Wildman–Crippen MR) is 87.3 cm³/mol. The first-order chi connectivity index (χ1) is 11.8. The zero-order chi connectivity index (χ0) is 18.2. The van der Waals surface area contributed by atoms with Crippen molar-refractivity contribution >= 4 is 22.8 Å². The fourth-order valence-electron chi connectivity index (χ4n) is 2.37. The number of aromatic nitrogens is 5. The third-order valence-corrected chi connectivity index (χ3v) is 3.51. The number of aryl methyl sites for hydroxylation is 1. The van der Waals surface area contributed by atoms with E-state index in [0.29, 0.717) is 5.95 Å². The molecule has 0 saturated carbocycles. The second kappa shape index (κ2) is 6.19. The molecule has 3 heterocycles. The SMILES string of the molecule is Cc1cc(C(F)(F)F)c2c(NCc3cnc(N(C)C)nc3)n[nH]c2n1. The normalized spacial score (nSPS) is 11.8. The van der Waals surface area contributed by atoms with E-state index in [1.54, 1.807) is 17.3 Å². The predicted octanol–water partition coefficient (Wildman–Crippen LogP) is 2.75. The number of hydrogen-bond acceptors (Lipinski definition) is 6. The number of aromatic amines is 1. The van der Waals surface area contributed by atoms with Crippen molar-refractivity contribution in [3.8, 4) is 0 Å². The molecule has 0 fully saturated rings. The number of rotatable bonds is 4. The second-order valence-corrected chi connectivity index (χ2v) is 5.74. The Balaban J connectivity index is 1.89. The highest BCUT2D eigenvalue weighted by molar-refractivity contribution is 5.91. The Morgan fingerprint density at radius 2 is 1.88 bits per heavy atom. The summed E-state index contributed by atoms with van der Waals surface area (Å²) in [7, 11) is 3.63. The van der Waals surface area contributed by atoms with Crippen molar-refractivity contribution in [1.29, 1.82) is 0 Å². The molecule has 0 aliphatic heterocycles. The molecule has 0 aromatic carbocycles. The molecule has 0 bridgehead atoms. The number of hydrogen-bond donors (Lipinski definition) is 2. The van der Waals surface area contributed by atoms with Crippen LogP contribution in [0.4, 0.5) is 24.9 Å². The smallest absolute Gasteiger partial charge is 0.364 e. The van der Waals surface area contributed by atoms with Crippen LogP contribution in [0.25, 0.3) is 11.0 Å². The standard InChI is InChI=1S/C15H16F3N7/c1-8-4-10(15(16,17)18)11-12(23-24-13(11)22-8)19-5-9-6-20-14(21-7-9)25(2)3/h4,6-7H,5H2,1-3H3,(H2,19,22,23,24). The van der Waals surface area contributed by atoms with E-state index in [-0.39, 0.29) is 29.1 Å². The Labute approximate surface area is 141 Å². The molecule has 0 spiro atoms. The van der Waals surface area contributed by atoms with Crippen molar-refractivity contribution < 1.29 is 13.2 Å². The summed E-state index contributed by atoms with van der Waals surface area (Å²) in [5.41, 5.74) is 0.303. The minimum atomic E-state index is -4.50. The van der Waals surface area contributed by atoms with Gasteiger partial charge in [-0.15, -0.1) is 0 Å². The van der Waals surface area contributed by atoms with E-state index < -0.39 is 11.7 Å². The van der Waals surface area contributed by atoms with Crippen molar-refractivity contribution in [1.82, 2.24) is 25.1 Å². The fraction of sp³-hybridized carbons (Fsp3) is 0.333. The van der Waals surface area contributed by atoms with Crippen molar-refractivity contribution in [3.63, 3.8) is 0 Å². The van der Waals surface area contributed by atoms with E-state index in [9.17, 15) is 13.2 Å². The molecule has 7 nitrogen and oxygen atoms in total. The third-order valence-electron chi connectivity index (χ3n) is 3.51. The van der Waals surface area contributed by atoms with Crippen LogP contribution in [0.15, 0.2) is 18.5 Å². The molecule has 0 aliphatic carbocycles. The van der Waals surface area contributed by atoms with E-state index >= 15 is 0 Å². The van der Waals surface area contributed by atoms with Crippen molar-refractivity contribution in [3.05, 3.63) is 35.3 Å². The maximum absolute atomic E-state index is 13.3. The zero-order valence-electron chi connectivity index (χ0n) is 13.8. The Morgan fingerprint density at radius 3 is 2.48 bits per heavy atom. The van der Waals surface area contributed by atoms with Gasteiger partial charge in [-0.2, -0.15) is 18.3 Å². The number of pyridine rings is 1. The Kier molecular flexibility index (Phi) is 4.19. The van der Waals surface area contributed by atoms with Crippen LogP contribution in [0, 0.1) is 6.92 Å². The zero-order valence-corrected chi connectivity index (χ0v) is 13.8. The summed E-state index contributed by atoms with van der Waals surface area (Å²) in [4.78, 5) is 14.1. The maximum atomic E-state index is 13.3. The number of nitrogens with one attached hydrogen (secondary N) is 2. The first-order valence-electron chi connectivity index (χ1n) is 7.40. The molecule has 132 valence electrons. The van der Waals surface area contributed by atoms with Gasteiger partial charge in [-0.1, -0.05) is 0 Å². The number of halogens is 3. The molecule has 0 aliphatic rings. The fourth-order valence-corrected chi connectivity index (χ4v) is 2.37. The van der Waals surface area contributed by atoms with Gasteiger partial charge in [0, 0.05) is 44.3 Å². The highest BCUT2D eigenvalue weighted by Gasteiger charge is 2.35. The van der Waals surface area contributed by atoms with Crippen LogP contribution in [0.3, 0.4) is 0 Å². The largest absolute Gasteiger partial charge is 0.417 e. The van der Waals surface area contributed by atoms with Gasteiger partial charge in [-0.25, -0.2) is 15.0 Å². The van der Waals surface area contributed by atoms with E-state index in [0.717, 1.165) is 11.6 Å². The molecule has 0 radical (unpaired) electrons. The van der Waals surface area contributed by atoms with Gasteiger partial charge in [0.2, 0.25) is 5.95 Å². The lowest BCUT2D eigenvalue weighted by molar-refractivity contribution is -0.136. The molecule has 0 saturated heterocycles. The summed E-state index contributed by atoms with van der Waals surface area (Å²) >= 11 is 0. The highest BCUT2D eigenvalue weighted by atomic mass is 19.4. The van der Waals surface area contributed by atoms with Crippen LogP contribution >= 0.6 is 0 Å². The van der Waals surface area contributed by atoms with E-state index in [1.165, 1.54) is 6.92 Å². The molecule has 0 amide bonds. The van der Waals surface area contributed by atoms with Gasteiger partial charge in [0.25, 0.3) is 0 Å². The molecular formula is C15H16F3N7. The number of nitrogens with zero attached hydrogens (tertiary/aromatic N) is 5. The van der Waals surface area contributed by atoms with Crippen molar-refractivity contribution in [2.75, 3.05) is 24.3 Å². The van der Waals surface area contributed by atoms with Crippen molar-refractivity contribution in [2.45, 2.75) is 19.6 Å². The minimum absolute atomic E-state index is 0.0797. The summed E-state index contributed by atoms with van der Waals surface area (Å²) in [5, 5.41) is 9.27. The first kappa shape index (κ1) is 16.9. The Morgan fingerprint density at radius 1 is 1.20 bits per heavy atom. The van der Waals surface area contributed by atoms with Gasteiger partial charge in [0.15, 0.2) is 11.5 Å². The average Bonchev–Trinajstić information content (AvgIpc) is 2.94. The molecule has 3 rings (SSSR count). The minimum Gasteiger partial charge on any atom is -0.364 e. The first-order valence-corrected chi connectivity index (χ1v) is 7.40. The summed E-state index contributed by atoms with van der Waals surface area (Å²) in [6.07, 6.45) is -1.28. The van der Waals surface area contributed by atoms with Gasteiger partial charge < -0.3 is 10.2 Å². The van der Waals surface area contributed by atoms with E-state index in [2.05, 4.69) is 30.5 Å². The number of fused-ring (bicyclic) bond motifs is 1. The number of H-pyrrole nitrogens is 1. The van der Waals surface area contributed by atoms with Crippen molar-refractivity contribution in [2.24, 2.45) is 0 Å². The lowest BCUT2D eigenvalue weighted by Gasteiger charge is -2.11. The summed E-state index contributed by atoms with van der Waals surface area (Å²) < 4.78 is 40.0. The quantitative estimate of drug-likeness (QED) is 0.752. The highest BCUT2D eigenvalue weighted by Crippen LogP contribution is 2.37. The molecule has 2 N–H and O–H groups in total. The average molecular weight is 351 g/mol. The Hall–Kier alpha value is -2.91. The van der Waals surface area contributed by atoms with Gasteiger partial charge in [0.05, 0.1) is 10.9 Å². The van der Waals surface area contributed by atoms with Crippen LogP contribution in [0.1, 0.15) is 16.8 Å². The molecule has 10 heteroatoms. The van der Waals surface area contributed by atoms with E-state index in [1.807, 2.05) is 14.1 Å². The van der Waals surface area contributed by atoms with Gasteiger partial charge in [-0.05, 0) is 13.0 Å². The summed E-state index contributed by atoms with van der Waals surface area (Å²) in [6, 6.07) is 1.01. The van der Waals surface area contributed by atoms with Crippen LogP contribution < -0.4 is 10.2 Å². The number of alkyl halides is 3. The monoisotopic (exact) mass is 351 g/mol. The lowest BCUT2D eigenvalue weighted by Crippen LogP contribution is -2.13.